The van der Waals surface area contributed by atoms with Crippen LogP contribution in [0.15, 0.2) is 48.5 Å². The van der Waals surface area contributed by atoms with Gasteiger partial charge >= 0.3 is 0 Å². The standard InChI is InChI=1S/C21H24N4O3S/c1-3-13-28-18-6-4-5-16(14-18)22-19(26)11-12-25-20(23-24-21(25)29)15-7-9-17(27-2)10-8-15/h4-10,14H,3,11-13H2,1-2H3,(H,22,26)(H,24,29). The molecule has 1 aromatic heterocycles. The van der Waals surface area contributed by atoms with Gasteiger partial charge in [0.15, 0.2) is 10.6 Å². The van der Waals surface area contributed by atoms with Gasteiger partial charge in [-0.3, -0.25) is 14.5 Å². The van der Waals surface area contributed by atoms with Crippen molar-refractivity contribution < 1.29 is 14.3 Å². The van der Waals surface area contributed by atoms with Crippen LogP contribution in [0, 0.1) is 4.77 Å². The predicted molar refractivity (Wildman–Crippen MR) is 115 cm³/mol. The van der Waals surface area contributed by atoms with E-state index in [9.17, 15) is 4.79 Å². The largest absolute Gasteiger partial charge is 0.497 e. The molecule has 2 N–H and O–H groups in total. The number of rotatable bonds is 9. The lowest BCUT2D eigenvalue weighted by molar-refractivity contribution is -0.116. The second-order valence-electron chi connectivity index (χ2n) is 6.41. The first kappa shape index (κ1) is 20.6. The topological polar surface area (TPSA) is 81.2 Å². The van der Waals surface area contributed by atoms with E-state index in [0.29, 0.717) is 29.4 Å². The van der Waals surface area contributed by atoms with E-state index in [1.807, 2.05) is 60.0 Å². The van der Waals surface area contributed by atoms with E-state index >= 15 is 0 Å². The molecule has 8 heteroatoms. The lowest BCUT2D eigenvalue weighted by Crippen LogP contribution is -2.15. The predicted octanol–water partition coefficient (Wildman–Crippen LogP) is 4.43. The van der Waals surface area contributed by atoms with Gasteiger partial charge in [-0.05, 0) is 55.0 Å². The third-order valence-corrected chi connectivity index (χ3v) is 4.57. The van der Waals surface area contributed by atoms with Gasteiger partial charge in [-0.25, -0.2) is 0 Å². The molecule has 0 aliphatic heterocycles. The fraction of sp³-hybridized carbons (Fsp3) is 0.286. The summed E-state index contributed by atoms with van der Waals surface area (Å²) in [6.07, 6.45) is 1.19. The van der Waals surface area contributed by atoms with Crippen LogP contribution in [0.4, 0.5) is 5.69 Å². The van der Waals surface area contributed by atoms with Crippen LogP contribution >= 0.6 is 12.2 Å². The lowest BCUT2D eigenvalue weighted by Gasteiger charge is -2.10. The third kappa shape index (κ3) is 5.45. The number of amides is 1. The summed E-state index contributed by atoms with van der Waals surface area (Å²) in [5.74, 6) is 2.07. The van der Waals surface area contributed by atoms with E-state index in [1.165, 1.54) is 0 Å². The third-order valence-electron chi connectivity index (χ3n) is 4.26. The van der Waals surface area contributed by atoms with Crippen LogP contribution in [0.25, 0.3) is 11.4 Å². The van der Waals surface area contributed by atoms with E-state index in [1.54, 1.807) is 7.11 Å². The molecule has 0 aliphatic carbocycles. The number of aromatic amines is 1. The summed E-state index contributed by atoms with van der Waals surface area (Å²) in [7, 11) is 1.62. The number of anilines is 1. The Bertz CT molecular complexity index is 1010. The number of methoxy groups -OCH3 is 1. The number of hydrogen-bond acceptors (Lipinski definition) is 5. The van der Waals surface area contributed by atoms with E-state index in [-0.39, 0.29) is 12.3 Å². The molecule has 0 bridgehead atoms. The highest BCUT2D eigenvalue weighted by molar-refractivity contribution is 7.71. The van der Waals surface area contributed by atoms with Gasteiger partial charge in [0.1, 0.15) is 11.5 Å². The molecule has 0 spiro atoms. The van der Waals surface area contributed by atoms with Crippen molar-refractivity contribution in [2.24, 2.45) is 0 Å². The highest BCUT2D eigenvalue weighted by Crippen LogP contribution is 2.21. The molecule has 1 amide bonds. The minimum atomic E-state index is -0.110. The summed E-state index contributed by atoms with van der Waals surface area (Å²) in [4.78, 5) is 12.4. The number of nitrogens with zero attached hydrogens (tertiary/aromatic N) is 2. The SMILES string of the molecule is CCCOc1cccc(NC(=O)CCn2c(-c3ccc(OC)cc3)n[nH]c2=S)c1. The Balaban J connectivity index is 1.65. The minimum absolute atomic E-state index is 0.110. The maximum atomic E-state index is 12.4. The van der Waals surface area contributed by atoms with Crippen molar-refractivity contribution in [1.82, 2.24) is 14.8 Å². The molecule has 0 atom stereocenters. The van der Waals surface area contributed by atoms with Crippen molar-refractivity contribution in [2.45, 2.75) is 26.3 Å². The summed E-state index contributed by atoms with van der Waals surface area (Å²) in [6, 6.07) is 14.9. The number of benzene rings is 2. The van der Waals surface area contributed by atoms with Crippen molar-refractivity contribution in [3.8, 4) is 22.9 Å². The molecule has 2 aromatic carbocycles. The Labute approximate surface area is 174 Å². The Morgan fingerprint density at radius 3 is 2.72 bits per heavy atom. The van der Waals surface area contributed by atoms with Crippen molar-refractivity contribution in [2.75, 3.05) is 19.0 Å². The molecular formula is C21H24N4O3S. The van der Waals surface area contributed by atoms with E-state index in [0.717, 1.165) is 23.5 Å². The molecule has 152 valence electrons. The molecule has 0 aliphatic rings. The van der Waals surface area contributed by atoms with Gasteiger partial charge in [-0.15, -0.1) is 0 Å². The van der Waals surface area contributed by atoms with Crippen LogP contribution in [-0.4, -0.2) is 34.4 Å². The normalized spacial score (nSPS) is 10.6. The van der Waals surface area contributed by atoms with E-state index < -0.39 is 0 Å². The molecule has 7 nitrogen and oxygen atoms in total. The molecular weight excluding hydrogens is 388 g/mol. The fourth-order valence-electron chi connectivity index (χ4n) is 2.81. The van der Waals surface area contributed by atoms with Crippen molar-refractivity contribution in [3.05, 3.63) is 53.3 Å². The lowest BCUT2D eigenvalue weighted by atomic mass is 10.2. The van der Waals surface area contributed by atoms with Gasteiger partial charge in [-0.2, -0.15) is 5.10 Å². The highest BCUT2D eigenvalue weighted by atomic mass is 32.1. The maximum absolute atomic E-state index is 12.4. The first-order chi connectivity index (χ1) is 14.1. The number of carbonyl (C=O) groups is 1. The summed E-state index contributed by atoms with van der Waals surface area (Å²) in [6.45, 7) is 3.10. The van der Waals surface area contributed by atoms with Crippen LogP contribution < -0.4 is 14.8 Å². The second kappa shape index (κ2) is 9.88. The molecule has 1 heterocycles. The van der Waals surface area contributed by atoms with Gasteiger partial charge in [0.05, 0.1) is 13.7 Å². The number of hydrogen-bond donors (Lipinski definition) is 2. The number of nitrogens with one attached hydrogen (secondary N) is 2. The molecule has 3 aromatic rings. The second-order valence-corrected chi connectivity index (χ2v) is 6.79. The number of carbonyl (C=O) groups excluding carboxylic acids is 1. The van der Waals surface area contributed by atoms with Gasteiger partial charge in [0, 0.05) is 30.3 Å². The Morgan fingerprint density at radius 2 is 2.00 bits per heavy atom. The molecule has 0 unspecified atom stereocenters. The first-order valence-corrected chi connectivity index (χ1v) is 9.84. The Hall–Kier alpha value is -3.13. The van der Waals surface area contributed by atoms with Gasteiger partial charge in [0.25, 0.3) is 0 Å². The van der Waals surface area contributed by atoms with Crippen LogP contribution in [0.3, 0.4) is 0 Å². The maximum Gasteiger partial charge on any atom is 0.226 e. The highest BCUT2D eigenvalue weighted by Gasteiger charge is 2.11. The zero-order chi connectivity index (χ0) is 20.6. The fourth-order valence-corrected chi connectivity index (χ4v) is 3.03. The van der Waals surface area contributed by atoms with E-state index in [4.69, 9.17) is 21.7 Å². The summed E-state index contributed by atoms with van der Waals surface area (Å²) in [5.41, 5.74) is 1.59. The van der Waals surface area contributed by atoms with Crippen LogP contribution in [0.2, 0.25) is 0 Å². The first-order valence-electron chi connectivity index (χ1n) is 9.43. The zero-order valence-corrected chi connectivity index (χ0v) is 17.3. The van der Waals surface area contributed by atoms with Crippen molar-refractivity contribution in [1.29, 1.82) is 0 Å². The molecule has 29 heavy (non-hydrogen) atoms. The van der Waals surface area contributed by atoms with Crippen LogP contribution in [0.1, 0.15) is 19.8 Å². The van der Waals surface area contributed by atoms with Crippen molar-refractivity contribution >= 4 is 23.8 Å². The van der Waals surface area contributed by atoms with E-state index in [2.05, 4.69) is 15.5 Å². The smallest absolute Gasteiger partial charge is 0.226 e. The number of H-pyrrole nitrogens is 1. The molecule has 0 radical (unpaired) electrons. The van der Waals surface area contributed by atoms with Crippen molar-refractivity contribution in [3.63, 3.8) is 0 Å². The zero-order valence-electron chi connectivity index (χ0n) is 16.5. The average molecular weight is 413 g/mol. The molecule has 3 rings (SSSR count). The minimum Gasteiger partial charge on any atom is -0.497 e. The number of aromatic nitrogens is 3. The molecule has 0 saturated carbocycles. The average Bonchev–Trinajstić information content (AvgIpc) is 3.11. The Kier molecular flexibility index (Phi) is 7.02. The van der Waals surface area contributed by atoms with Crippen LogP contribution in [-0.2, 0) is 11.3 Å². The Morgan fingerprint density at radius 1 is 1.21 bits per heavy atom. The summed E-state index contributed by atoms with van der Waals surface area (Å²) < 4.78 is 13.1. The van der Waals surface area contributed by atoms with Gasteiger partial charge in [-0.1, -0.05) is 13.0 Å². The molecule has 0 saturated heterocycles. The quantitative estimate of drug-likeness (QED) is 0.508. The van der Waals surface area contributed by atoms with Gasteiger partial charge < -0.3 is 14.8 Å². The van der Waals surface area contributed by atoms with Gasteiger partial charge in [0.2, 0.25) is 5.91 Å². The summed E-state index contributed by atoms with van der Waals surface area (Å²) in [5, 5.41) is 10.0. The number of ether oxygens (including phenoxy) is 2. The monoisotopic (exact) mass is 412 g/mol. The summed E-state index contributed by atoms with van der Waals surface area (Å²) >= 11 is 5.33. The van der Waals surface area contributed by atoms with Crippen LogP contribution in [0.5, 0.6) is 11.5 Å². The molecule has 0 fully saturated rings.